The van der Waals surface area contributed by atoms with Crippen molar-refractivity contribution >= 4 is 34.6 Å². The molecule has 170 valence electrons. The van der Waals surface area contributed by atoms with E-state index in [-0.39, 0.29) is 17.8 Å². The molecule has 3 amide bonds. The number of nitrogens with zero attached hydrogens (tertiary/aromatic N) is 3. The maximum Gasteiger partial charge on any atom is 0.321 e. The van der Waals surface area contributed by atoms with E-state index in [1.165, 1.54) is 11.8 Å². The number of aromatic nitrogens is 4. The number of urea groups is 1. The first kappa shape index (κ1) is 22.3. The number of hydrogen-bond donors (Lipinski definition) is 3. The van der Waals surface area contributed by atoms with Crippen molar-refractivity contribution in [2.75, 3.05) is 18.9 Å². The highest BCUT2D eigenvalue weighted by atomic mass is 32.2. The van der Waals surface area contributed by atoms with Crippen molar-refractivity contribution in [3.63, 3.8) is 0 Å². The smallest absolute Gasteiger partial charge is 0.321 e. The summed E-state index contributed by atoms with van der Waals surface area (Å²) in [5.74, 6) is 0.726. The lowest BCUT2D eigenvalue weighted by Crippen LogP contribution is -2.41. The summed E-state index contributed by atoms with van der Waals surface area (Å²) in [7, 11) is 0. The summed E-state index contributed by atoms with van der Waals surface area (Å²) >= 11 is 1.26. The molecular formula is C22H28N6O3S. The number of carbonyl (C=O) groups is 2. The number of amides is 3. The van der Waals surface area contributed by atoms with E-state index in [2.05, 4.69) is 25.8 Å². The van der Waals surface area contributed by atoms with Gasteiger partial charge in [0.05, 0.1) is 18.4 Å². The van der Waals surface area contributed by atoms with Crippen molar-refractivity contribution in [2.45, 2.75) is 44.5 Å². The summed E-state index contributed by atoms with van der Waals surface area (Å²) in [4.78, 5) is 27.4. The number of benzene rings is 1. The number of carbonyl (C=O) groups excluding carboxylic acids is 2. The van der Waals surface area contributed by atoms with Crippen molar-refractivity contribution in [1.29, 1.82) is 0 Å². The van der Waals surface area contributed by atoms with Crippen LogP contribution in [0.5, 0.6) is 0 Å². The molecule has 4 rings (SSSR count). The normalized spacial score (nSPS) is 16.0. The van der Waals surface area contributed by atoms with Crippen LogP contribution in [-0.2, 0) is 16.1 Å². The largest absolute Gasteiger partial charge is 0.376 e. The van der Waals surface area contributed by atoms with Gasteiger partial charge in [-0.15, -0.1) is 10.2 Å². The Labute approximate surface area is 190 Å². The fourth-order valence-corrected chi connectivity index (χ4v) is 4.39. The molecule has 0 bridgehead atoms. The maximum atomic E-state index is 12.3. The van der Waals surface area contributed by atoms with Crippen molar-refractivity contribution in [3.8, 4) is 11.4 Å². The van der Waals surface area contributed by atoms with Crippen LogP contribution in [0.3, 0.4) is 0 Å². The number of thioether (sulfide) groups is 1. The van der Waals surface area contributed by atoms with Crippen LogP contribution in [0.4, 0.5) is 4.79 Å². The van der Waals surface area contributed by atoms with E-state index in [9.17, 15) is 9.59 Å². The standard InChI is InChI=1S/C22H28N6O3S/c1-14(2)10-24-21(30)25-19(29)13-32-22-27-26-20(28(22)12-15-6-5-9-31-15)17-11-23-18-8-4-3-7-16(17)18/h3-4,7-8,11,14-15,23H,5-6,9-10,12-13H2,1-2H3,(H2,24,25,29,30). The number of rotatable bonds is 8. The molecule has 0 spiro atoms. The fourth-order valence-electron chi connectivity index (χ4n) is 3.64. The van der Waals surface area contributed by atoms with Crippen molar-refractivity contribution in [3.05, 3.63) is 30.5 Å². The molecule has 0 saturated carbocycles. The van der Waals surface area contributed by atoms with Gasteiger partial charge in [0.25, 0.3) is 0 Å². The van der Waals surface area contributed by atoms with E-state index < -0.39 is 6.03 Å². The number of imide groups is 1. The fraction of sp³-hybridized carbons (Fsp3) is 0.455. The molecule has 0 aliphatic carbocycles. The third kappa shape index (κ3) is 5.31. The molecule has 1 fully saturated rings. The number of ether oxygens (including phenoxy) is 1. The number of aromatic amines is 1. The van der Waals surface area contributed by atoms with Crippen LogP contribution < -0.4 is 10.6 Å². The summed E-state index contributed by atoms with van der Waals surface area (Å²) in [5.41, 5.74) is 1.98. The first-order valence-electron chi connectivity index (χ1n) is 10.8. The van der Waals surface area contributed by atoms with Crippen LogP contribution in [0.25, 0.3) is 22.3 Å². The van der Waals surface area contributed by atoms with E-state index in [4.69, 9.17) is 4.74 Å². The zero-order valence-electron chi connectivity index (χ0n) is 18.3. The zero-order valence-corrected chi connectivity index (χ0v) is 19.1. The Morgan fingerprint density at radius 2 is 2.16 bits per heavy atom. The summed E-state index contributed by atoms with van der Waals surface area (Å²) in [5, 5.41) is 15.5. The molecular weight excluding hydrogens is 428 g/mol. The maximum absolute atomic E-state index is 12.3. The number of H-pyrrole nitrogens is 1. The van der Waals surface area contributed by atoms with Crippen LogP contribution in [-0.4, -0.2) is 56.7 Å². The molecule has 2 aromatic heterocycles. The van der Waals surface area contributed by atoms with Crippen LogP contribution in [0.15, 0.2) is 35.6 Å². The Morgan fingerprint density at radius 3 is 2.94 bits per heavy atom. The summed E-state index contributed by atoms with van der Waals surface area (Å²) in [6, 6.07) is 7.55. The van der Waals surface area contributed by atoms with E-state index in [0.717, 1.165) is 41.7 Å². The number of fused-ring (bicyclic) bond motifs is 1. The SMILES string of the molecule is CC(C)CNC(=O)NC(=O)CSc1nnc(-c2c[nH]c3ccccc23)n1CC1CCCO1. The van der Waals surface area contributed by atoms with Gasteiger partial charge >= 0.3 is 6.03 Å². The van der Waals surface area contributed by atoms with Crippen molar-refractivity contribution < 1.29 is 14.3 Å². The average molecular weight is 457 g/mol. The van der Waals surface area contributed by atoms with E-state index >= 15 is 0 Å². The van der Waals surface area contributed by atoms with Crippen LogP contribution >= 0.6 is 11.8 Å². The van der Waals surface area contributed by atoms with Crippen molar-refractivity contribution in [2.24, 2.45) is 5.92 Å². The minimum absolute atomic E-state index is 0.0621. The molecule has 3 heterocycles. The zero-order chi connectivity index (χ0) is 22.5. The van der Waals surface area contributed by atoms with Gasteiger partial charge in [-0.1, -0.05) is 43.8 Å². The van der Waals surface area contributed by atoms with Gasteiger partial charge in [-0.05, 0) is 24.8 Å². The Hall–Kier alpha value is -2.85. The van der Waals surface area contributed by atoms with Crippen LogP contribution in [0.2, 0.25) is 0 Å². The minimum atomic E-state index is -0.482. The highest BCUT2D eigenvalue weighted by Gasteiger charge is 2.23. The van der Waals surface area contributed by atoms with E-state index in [1.54, 1.807) is 0 Å². The predicted octanol–water partition coefficient (Wildman–Crippen LogP) is 3.18. The minimum Gasteiger partial charge on any atom is -0.376 e. The Bertz CT molecular complexity index is 1090. The molecule has 1 aliphatic heterocycles. The Kier molecular flexibility index (Phi) is 7.11. The molecule has 0 radical (unpaired) electrons. The summed E-state index contributed by atoms with van der Waals surface area (Å²) in [6.45, 7) is 5.86. The van der Waals surface area contributed by atoms with Gasteiger partial charge < -0.3 is 15.0 Å². The monoisotopic (exact) mass is 456 g/mol. The lowest BCUT2D eigenvalue weighted by atomic mass is 10.1. The van der Waals surface area contributed by atoms with Gasteiger partial charge in [-0.2, -0.15) is 0 Å². The lowest BCUT2D eigenvalue weighted by molar-refractivity contribution is -0.117. The average Bonchev–Trinajstić information content (AvgIpc) is 3.51. The van der Waals surface area contributed by atoms with Crippen LogP contribution in [0.1, 0.15) is 26.7 Å². The number of nitrogens with one attached hydrogen (secondary N) is 3. The van der Waals surface area contributed by atoms with Crippen molar-refractivity contribution in [1.82, 2.24) is 30.4 Å². The molecule has 32 heavy (non-hydrogen) atoms. The molecule has 1 unspecified atom stereocenters. The second-order valence-corrected chi connectivity index (χ2v) is 9.18. The van der Waals surface area contributed by atoms with Gasteiger partial charge in [0, 0.05) is 35.8 Å². The Morgan fingerprint density at radius 1 is 1.31 bits per heavy atom. The van der Waals surface area contributed by atoms with Gasteiger partial charge in [-0.25, -0.2) is 4.79 Å². The Balaban J connectivity index is 1.50. The first-order valence-corrected chi connectivity index (χ1v) is 11.8. The number of hydrogen-bond acceptors (Lipinski definition) is 6. The molecule has 3 aromatic rings. The van der Waals surface area contributed by atoms with E-state index in [1.807, 2.05) is 48.9 Å². The molecule has 1 aliphatic rings. The summed E-state index contributed by atoms with van der Waals surface area (Å²) < 4.78 is 7.86. The molecule has 1 aromatic carbocycles. The van der Waals surface area contributed by atoms with Gasteiger partial charge in [-0.3, -0.25) is 14.7 Å². The highest BCUT2D eigenvalue weighted by Crippen LogP contribution is 2.31. The van der Waals surface area contributed by atoms with Gasteiger partial charge in [0.2, 0.25) is 5.91 Å². The molecule has 1 atom stereocenters. The predicted molar refractivity (Wildman–Crippen MR) is 123 cm³/mol. The van der Waals surface area contributed by atoms with Gasteiger partial charge in [0.1, 0.15) is 0 Å². The quantitative estimate of drug-likeness (QED) is 0.449. The summed E-state index contributed by atoms with van der Waals surface area (Å²) in [6.07, 6.45) is 4.03. The second-order valence-electron chi connectivity index (χ2n) is 8.24. The second kappa shape index (κ2) is 10.2. The highest BCUT2D eigenvalue weighted by molar-refractivity contribution is 7.99. The topological polar surface area (TPSA) is 114 Å². The third-order valence-corrected chi connectivity index (χ3v) is 6.18. The first-order chi connectivity index (χ1) is 15.5. The number of para-hydroxylation sites is 1. The van der Waals surface area contributed by atoms with Gasteiger partial charge in [0.15, 0.2) is 11.0 Å². The third-order valence-electron chi connectivity index (χ3n) is 5.21. The molecule has 10 heteroatoms. The van der Waals surface area contributed by atoms with E-state index in [0.29, 0.717) is 24.2 Å². The molecule has 3 N–H and O–H groups in total. The molecule has 1 saturated heterocycles. The molecule has 9 nitrogen and oxygen atoms in total. The lowest BCUT2D eigenvalue weighted by Gasteiger charge is -2.14. The van der Waals surface area contributed by atoms with Crippen LogP contribution in [0, 0.1) is 5.92 Å².